The Hall–Kier alpha value is -2.09. The molecule has 4 nitrogen and oxygen atoms in total. The number of hydrogen-bond donors (Lipinski definition) is 0. The van der Waals surface area contributed by atoms with Crippen molar-refractivity contribution in [1.82, 2.24) is 4.57 Å². The molecule has 32 heavy (non-hydrogen) atoms. The monoisotopic (exact) mass is 570 g/mol. The number of allylic oxidation sites excluding steroid dienone is 2. The van der Waals surface area contributed by atoms with Crippen LogP contribution in [-0.2, 0) is 4.79 Å². The van der Waals surface area contributed by atoms with Crippen LogP contribution in [0.25, 0.3) is 6.08 Å². The number of ketones is 1. The average molecular weight is 572 g/mol. The summed E-state index contributed by atoms with van der Waals surface area (Å²) in [4.78, 5) is 32.4. The minimum Gasteiger partial charge on any atom is -0.294 e. The van der Waals surface area contributed by atoms with Gasteiger partial charge in [-0.15, -0.1) is 0 Å². The number of rotatable bonds is 2. The van der Waals surface area contributed by atoms with Crippen LogP contribution in [-0.4, -0.2) is 10.4 Å². The van der Waals surface area contributed by atoms with Gasteiger partial charge in [-0.05, 0) is 53.3 Å². The topological polar surface area (TPSA) is 51.4 Å². The molecule has 2 aromatic carbocycles. The maximum Gasteiger partial charge on any atom is 0.271 e. The van der Waals surface area contributed by atoms with Crippen LogP contribution in [0.2, 0.25) is 0 Å². The van der Waals surface area contributed by atoms with Crippen LogP contribution in [0.15, 0.2) is 78.5 Å². The lowest BCUT2D eigenvalue weighted by molar-refractivity contribution is -0.118. The summed E-state index contributed by atoms with van der Waals surface area (Å²) in [5, 5.41) is 0. The van der Waals surface area contributed by atoms with Gasteiger partial charge in [-0.3, -0.25) is 14.2 Å². The molecule has 162 valence electrons. The van der Waals surface area contributed by atoms with Gasteiger partial charge in [0.15, 0.2) is 10.6 Å². The Balaban J connectivity index is 1.78. The molecule has 1 aromatic heterocycles. The molecule has 3 aromatic rings. The molecular weight excluding hydrogens is 552 g/mol. The number of Topliss-reactive ketones (excluding diaryl/α,β-unsaturated/α-hetero) is 1. The first-order chi connectivity index (χ1) is 15.2. The normalized spacial score (nSPS) is 20.1. The van der Waals surface area contributed by atoms with Crippen molar-refractivity contribution in [3.63, 3.8) is 0 Å². The van der Waals surface area contributed by atoms with Gasteiger partial charge in [0.25, 0.3) is 5.56 Å². The summed E-state index contributed by atoms with van der Waals surface area (Å²) in [6.45, 7) is 4.20. The summed E-state index contributed by atoms with van der Waals surface area (Å²) in [5.41, 5.74) is 3.04. The zero-order valence-electron chi connectivity index (χ0n) is 17.6. The number of hydrogen-bond acceptors (Lipinski definition) is 4. The summed E-state index contributed by atoms with van der Waals surface area (Å²) in [7, 11) is 0. The number of nitrogens with zero attached hydrogens (tertiary/aromatic N) is 2. The smallest absolute Gasteiger partial charge is 0.271 e. The molecule has 0 fully saturated rings. The van der Waals surface area contributed by atoms with Gasteiger partial charge in [-0.1, -0.05) is 81.3 Å². The summed E-state index contributed by atoms with van der Waals surface area (Å²) in [6.07, 6.45) is 3.06. The van der Waals surface area contributed by atoms with E-state index in [4.69, 9.17) is 4.99 Å². The Morgan fingerprint density at radius 2 is 1.78 bits per heavy atom. The van der Waals surface area contributed by atoms with Gasteiger partial charge in [-0.2, -0.15) is 0 Å². The molecule has 0 saturated heterocycles. The van der Waals surface area contributed by atoms with Crippen molar-refractivity contribution in [2.75, 3.05) is 0 Å². The van der Waals surface area contributed by atoms with E-state index in [1.807, 2.05) is 54.6 Å². The Bertz CT molecular complexity index is 1480. The van der Waals surface area contributed by atoms with E-state index >= 15 is 0 Å². The highest BCUT2D eigenvalue weighted by atomic mass is 79.9. The van der Waals surface area contributed by atoms with Crippen molar-refractivity contribution in [2.45, 2.75) is 32.7 Å². The van der Waals surface area contributed by atoms with E-state index in [2.05, 4.69) is 45.7 Å². The van der Waals surface area contributed by atoms with Gasteiger partial charge < -0.3 is 0 Å². The number of thiazole rings is 1. The number of aromatic nitrogens is 1. The van der Waals surface area contributed by atoms with Crippen LogP contribution in [0.5, 0.6) is 0 Å². The lowest BCUT2D eigenvalue weighted by Crippen LogP contribution is -2.42. The summed E-state index contributed by atoms with van der Waals surface area (Å²) in [5.74, 6) is 0.0752. The van der Waals surface area contributed by atoms with Crippen LogP contribution in [0, 0.1) is 5.41 Å². The number of fused-ring (bicyclic) bond motifs is 1. The molecule has 1 aliphatic carbocycles. The number of halogens is 2. The fourth-order valence-electron chi connectivity index (χ4n) is 4.49. The summed E-state index contributed by atoms with van der Waals surface area (Å²) >= 11 is 8.41. The molecule has 0 radical (unpaired) electrons. The van der Waals surface area contributed by atoms with Gasteiger partial charge in [0.1, 0.15) is 0 Å². The third kappa shape index (κ3) is 3.91. The second kappa shape index (κ2) is 8.04. The van der Waals surface area contributed by atoms with Crippen molar-refractivity contribution in [2.24, 2.45) is 10.4 Å². The van der Waals surface area contributed by atoms with Gasteiger partial charge in [0, 0.05) is 20.9 Å². The van der Waals surface area contributed by atoms with Gasteiger partial charge in [0.05, 0.1) is 16.3 Å². The third-order valence-corrected chi connectivity index (χ3v) is 7.78. The summed E-state index contributed by atoms with van der Waals surface area (Å²) in [6, 6.07) is 15.2. The van der Waals surface area contributed by atoms with Gasteiger partial charge in [0.2, 0.25) is 0 Å². The molecule has 0 spiro atoms. The largest absolute Gasteiger partial charge is 0.294 e. The fourth-order valence-corrected chi connectivity index (χ4v) is 6.34. The molecule has 5 rings (SSSR count). The minimum absolute atomic E-state index is 0.0752. The first-order valence-corrected chi connectivity index (χ1v) is 12.7. The molecule has 1 aliphatic heterocycles. The Kier molecular flexibility index (Phi) is 5.47. The van der Waals surface area contributed by atoms with Crippen LogP contribution in [0.3, 0.4) is 0 Å². The molecule has 2 heterocycles. The molecule has 1 unspecified atom stereocenters. The van der Waals surface area contributed by atoms with Gasteiger partial charge >= 0.3 is 0 Å². The highest BCUT2D eigenvalue weighted by molar-refractivity contribution is 9.10. The molecular formula is C25H20Br2N2O2S. The number of carbonyl (C=O) groups is 1. The molecule has 0 amide bonds. The number of carbonyl (C=O) groups excluding carboxylic acids is 1. The zero-order valence-corrected chi connectivity index (χ0v) is 21.6. The number of benzene rings is 2. The Labute approximate surface area is 206 Å². The molecule has 7 heteroatoms. The highest BCUT2D eigenvalue weighted by Gasteiger charge is 2.40. The van der Waals surface area contributed by atoms with E-state index in [9.17, 15) is 9.59 Å². The lowest BCUT2D eigenvalue weighted by Gasteiger charge is -2.35. The zero-order chi connectivity index (χ0) is 22.6. The molecule has 1 atom stereocenters. The maximum absolute atomic E-state index is 13.6. The van der Waals surface area contributed by atoms with Crippen molar-refractivity contribution in [3.8, 4) is 0 Å². The lowest BCUT2D eigenvalue weighted by atomic mass is 9.73. The second-order valence-corrected chi connectivity index (χ2v) is 11.8. The van der Waals surface area contributed by atoms with E-state index < -0.39 is 6.04 Å². The minimum atomic E-state index is -0.466. The SMILES string of the molecule is CC1(C)CC(=O)C2=C(C1)N=c1sc(=Cc3cccc(Br)c3)c(=O)n1C2c1cccc(Br)c1. The predicted molar refractivity (Wildman–Crippen MR) is 134 cm³/mol. The van der Waals surface area contributed by atoms with E-state index in [0.29, 0.717) is 21.3 Å². The van der Waals surface area contributed by atoms with Crippen molar-refractivity contribution in [1.29, 1.82) is 0 Å². The van der Waals surface area contributed by atoms with Crippen molar-refractivity contribution >= 4 is 55.1 Å². The van der Waals surface area contributed by atoms with Crippen LogP contribution >= 0.6 is 43.2 Å². The first-order valence-electron chi connectivity index (χ1n) is 10.3. The average Bonchev–Trinajstić information content (AvgIpc) is 3.00. The standard InChI is InChI=1S/C25H20Br2N2O2S/c1-25(2)12-18-21(19(30)13-25)22(15-6-4-8-17(27)11-15)29-23(31)20(32-24(29)28-18)10-14-5-3-7-16(26)9-14/h3-11,22H,12-13H2,1-2H3. The van der Waals surface area contributed by atoms with Crippen LogP contribution < -0.4 is 14.9 Å². The van der Waals surface area contributed by atoms with E-state index in [1.165, 1.54) is 11.3 Å². The highest BCUT2D eigenvalue weighted by Crippen LogP contribution is 2.43. The van der Waals surface area contributed by atoms with Crippen molar-refractivity contribution < 1.29 is 4.79 Å². The first kappa shape index (κ1) is 21.7. The van der Waals surface area contributed by atoms with Crippen LogP contribution in [0.1, 0.15) is 43.9 Å². The quantitative estimate of drug-likeness (QED) is 0.428. The summed E-state index contributed by atoms with van der Waals surface area (Å²) < 4.78 is 4.17. The maximum atomic E-state index is 13.6. The van der Waals surface area contributed by atoms with Crippen molar-refractivity contribution in [3.05, 3.63) is 99.6 Å². The Morgan fingerprint density at radius 1 is 1.06 bits per heavy atom. The molecule has 2 aliphatic rings. The van der Waals surface area contributed by atoms with E-state index in [-0.39, 0.29) is 16.8 Å². The van der Waals surface area contributed by atoms with Gasteiger partial charge in [-0.25, -0.2) is 4.99 Å². The van der Waals surface area contributed by atoms with Crippen LogP contribution in [0.4, 0.5) is 0 Å². The van der Waals surface area contributed by atoms with E-state index in [1.54, 1.807) is 4.57 Å². The second-order valence-electron chi connectivity index (χ2n) is 8.99. The Morgan fingerprint density at radius 3 is 2.50 bits per heavy atom. The predicted octanol–water partition coefficient (Wildman–Crippen LogP) is 5.13. The fraction of sp³-hybridized carbons (Fsp3) is 0.240. The molecule has 0 bridgehead atoms. The molecule has 0 N–H and O–H groups in total. The molecule has 0 saturated carbocycles. The van der Waals surface area contributed by atoms with E-state index in [0.717, 1.165) is 32.2 Å². The third-order valence-electron chi connectivity index (χ3n) is 5.81.